The molecular formula is C20H18N2O2S2. The van der Waals surface area contributed by atoms with Gasteiger partial charge in [0.2, 0.25) is 5.91 Å². The fourth-order valence-electron chi connectivity index (χ4n) is 3.39. The number of hydrogen-bond acceptors (Lipinski definition) is 4. The summed E-state index contributed by atoms with van der Waals surface area (Å²) in [5, 5.41) is 10.8. The van der Waals surface area contributed by atoms with Gasteiger partial charge < -0.3 is 10.6 Å². The normalized spacial score (nSPS) is 16.1. The molecule has 4 nitrogen and oxygen atoms in total. The van der Waals surface area contributed by atoms with Crippen LogP contribution in [0.5, 0.6) is 0 Å². The van der Waals surface area contributed by atoms with E-state index in [1.165, 1.54) is 11.3 Å². The summed E-state index contributed by atoms with van der Waals surface area (Å²) in [5.74, 6) is -0.117. The van der Waals surface area contributed by atoms with E-state index in [9.17, 15) is 9.59 Å². The van der Waals surface area contributed by atoms with E-state index >= 15 is 0 Å². The molecule has 2 aromatic heterocycles. The van der Waals surface area contributed by atoms with Crippen LogP contribution in [0, 0.1) is 13.8 Å². The number of rotatable bonds is 3. The summed E-state index contributed by atoms with van der Waals surface area (Å²) in [6.07, 6.45) is 0.417. The Morgan fingerprint density at radius 2 is 2.12 bits per heavy atom. The molecule has 3 heterocycles. The van der Waals surface area contributed by atoms with Gasteiger partial charge in [-0.2, -0.15) is 11.3 Å². The Hall–Kier alpha value is -2.44. The van der Waals surface area contributed by atoms with Gasteiger partial charge in [0, 0.05) is 18.0 Å². The first-order valence-corrected chi connectivity index (χ1v) is 10.1. The van der Waals surface area contributed by atoms with Crippen LogP contribution in [0.3, 0.4) is 0 Å². The van der Waals surface area contributed by atoms with Gasteiger partial charge in [-0.1, -0.05) is 12.1 Å². The zero-order chi connectivity index (χ0) is 18.3. The van der Waals surface area contributed by atoms with Crippen LogP contribution >= 0.6 is 22.7 Å². The van der Waals surface area contributed by atoms with E-state index < -0.39 is 0 Å². The van der Waals surface area contributed by atoms with E-state index in [1.54, 1.807) is 11.3 Å². The molecule has 0 radical (unpaired) electrons. The Bertz CT molecular complexity index is 989. The molecule has 0 spiro atoms. The third-order valence-electron chi connectivity index (χ3n) is 4.61. The van der Waals surface area contributed by atoms with Crippen molar-refractivity contribution in [2.75, 3.05) is 10.6 Å². The monoisotopic (exact) mass is 382 g/mol. The van der Waals surface area contributed by atoms with Gasteiger partial charge >= 0.3 is 0 Å². The first-order chi connectivity index (χ1) is 12.5. The SMILES string of the molecule is Cc1cccc(NC(=O)c2sc3c(c2C)C(c2ccsc2)CC(=O)N3)c1. The minimum Gasteiger partial charge on any atom is -0.321 e. The molecule has 0 bridgehead atoms. The summed E-state index contributed by atoms with van der Waals surface area (Å²) in [5.41, 5.74) is 5.03. The van der Waals surface area contributed by atoms with Gasteiger partial charge in [0.1, 0.15) is 0 Å². The first-order valence-electron chi connectivity index (χ1n) is 8.36. The van der Waals surface area contributed by atoms with Crippen molar-refractivity contribution >= 4 is 45.2 Å². The minimum absolute atomic E-state index is 0.000548. The van der Waals surface area contributed by atoms with Crippen molar-refractivity contribution in [1.82, 2.24) is 0 Å². The van der Waals surface area contributed by atoms with Crippen molar-refractivity contribution in [2.45, 2.75) is 26.2 Å². The topological polar surface area (TPSA) is 58.2 Å². The summed E-state index contributed by atoms with van der Waals surface area (Å²) < 4.78 is 0. The Labute approximate surface area is 159 Å². The van der Waals surface area contributed by atoms with E-state index in [2.05, 4.69) is 22.1 Å². The molecule has 1 unspecified atom stereocenters. The molecule has 132 valence electrons. The molecule has 1 atom stereocenters. The zero-order valence-electron chi connectivity index (χ0n) is 14.5. The molecule has 0 saturated carbocycles. The fraction of sp³-hybridized carbons (Fsp3) is 0.200. The van der Waals surface area contributed by atoms with E-state index in [4.69, 9.17) is 0 Å². The Balaban J connectivity index is 1.70. The number of aryl methyl sites for hydroxylation is 1. The summed E-state index contributed by atoms with van der Waals surface area (Å²) in [4.78, 5) is 25.6. The minimum atomic E-state index is -0.134. The second-order valence-corrected chi connectivity index (χ2v) is 8.28. The molecule has 1 aromatic carbocycles. The van der Waals surface area contributed by atoms with Gasteiger partial charge in [0.05, 0.1) is 9.88 Å². The van der Waals surface area contributed by atoms with E-state index in [0.29, 0.717) is 11.3 Å². The lowest BCUT2D eigenvalue weighted by atomic mass is 9.86. The number of benzene rings is 1. The smallest absolute Gasteiger partial charge is 0.266 e. The molecule has 2 N–H and O–H groups in total. The maximum atomic E-state index is 12.8. The second-order valence-electron chi connectivity index (χ2n) is 6.48. The third kappa shape index (κ3) is 3.06. The van der Waals surface area contributed by atoms with Gasteiger partial charge in [-0.05, 0) is 65.1 Å². The average Bonchev–Trinajstić information content (AvgIpc) is 3.23. The number of nitrogens with one attached hydrogen (secondary N) is 2. The molecule has 1 aliphatic rings. The lowest BCUT2D eigenvalue weighted by Crippen LogP contribution is -2.22. The molecule has 0 saturated heterocycles. The Morgan fingerprint density at radius 3 is 2.85 bits per heavy atom. The van der Waals surface area contributed by atoms with Gasteiger partial charge in [0.15, 0.2) is 0 Å². The summed E-state index contributed by atoms with van der Waals surface area (Å²) >= 11 is 2.98. The highest BCUT2D eigenvalue weighted by Crippen LogP contribution is 2.45. The maximum absolute atomic E-state index is 12.8. The zero-order valence-corrected chi connectivity index (χ0v) is 16.1. The molecule has 2 amide bonds. The number of carbonyl (C=O) groups is 2. The lowest BCUT2D eigenvalue weighted by Gasteiger charge is -2.23. The fourth-order valence-corrected chi connectivity index (χ4v) is 5.28. The highest BCUT2D eigenvalue weighted by Gasteiger charge is 2.33. The molecule has 26 heavy (non-hydrogen) atoms. The average molecular weight is 383 g/mol. The summed E-state index contributed by atoms with van der Waals surface area (Å²) in [6, 6.07) is 9.79. The summed E-state index contributed by atoms with van der Waals surface area (Å²) in [6.45, 7) is 3.96. The van der Waals surface area contributed by atoms with Gasteiger partial charge in [-0.25, -0.2) is 0 Å². The van der Waals surface area contributed by atoms with Crippen molar-refractivity contribution in [3.63, 3.8) is 0 Å². The van der Waals surface area contributed by atoms with Crippen LogP contribution < -0.4 is 10.6 Å². The lowest BCUT2D eigenvalue weighted by molar-refractivity contribution is -0.116. The molecule has 6 heteroatoms. The standard InChI is InChI=1S/C20H18N2O2S2/c1-11-4-3-5-14(8-11)21-19(24)18-12(2)17-15(13-6-7-25-10-13)9-16(23)22-20(17)26-18/h3-8,10,15H,9H2,1-2H3,(H,21,24)(H,22,23). The number of thiophene rings is 2. The largest absolute Gasteiger partial charge is 0.321 e. The van der Waals surface area contributed by atoms with Crippen LogP contribution in [0.25, 0.3) is 0 Å². The third-order valence-corrected chi connectivity index (χ3v) is 6.54. The van der Waals surface area contributed by atoms with Crippen LogP contribution in [-0.2, 0) is 4.79 Å². The predicted molar refractivity (Wildman–Crippen MR) is 108 cm³/mol. The quantitative estimate of drug-likeness (QED) is 0.658. The predicted octanol–water partition coefficient (Wildman–Crippen LogP) is 5.15. The molecular weight excluding hydrogens is 364 g/mol. The van der Waals surface area contributed by atoms with Gasteiger partial charge in [0.25, 0.3) is 5.91 Å². The van der Waals surface area contributed by atoms with Gasteiger partial charge in [-0.15, -0.1) is 11.3 Å². The number of hydrogen-bond donors (Lipinski definition) is 2. The van der Waals surface area contributed by atoms with Crippen molar-refractivity contribution in [3.8, 4) is 0 Å². The van der Waals surface area contributed by atoms with Crippen molar-refractivity contribution in [2.24, 2.45) is 0 Å². The van der Waals surface area contributed by atoms with Crippen LogP contribution in [0.4, 0.5) is 10.7 Å². The summed E-state index contributed by atoms with van der Waals surface area (Å²) in [7, 11) is 0. The van der Waals surface area contributed by atoms with Crippen LogP contribution in [-0.4, -0.2) is 11.8 Å². The van der Waals surface area contributed by atoms with E-state index in [-0.39, 0.29) is 17.7 Å². The van der Waals surface area contributed by atoms with Crippen molar-refractivity contribution in [3.05, 3.63) is 68.2 Å². The van der Waals surface area contributed by atoms with Crippen molar-refractivity contribution < 1.29 is 9.59 Å². The molecule has 0 fully saturated rings. The first kappa shape index (κ1) is 17.0. The highest BCUT2D eigenvalue weighted by molar-refractivity contribution is 7.18. The van der Waals surface area contributed by atoms with E-state index in [0.717, 1.165) is 32.9 Å². The highest BCUT2D eigenvalue weighted by atomic mass is 32.1. The number of amides is 2. The van der Waals surface area contributed by atoms with Crippen LogP contribution in [0.1, 0.15) is 44.3 Å². The molecule has 1 aliphatic heterocycles. The van der Waals surface area contributed by atoms with Gasteiger partial charge in [-0.3, -0.25) is 9.59 Å². The molecule has 0 aliphatic carbocycles. The number of anilines is 2. The number of fused-ring (bicyclic) bond motifs is 1. The maximum Gasteiger partial charge on any atom is 0.266 e. The molecule has 3 aromatic rings. The van der Waals surface area contributed by atoms with Crippen molar-refractivity contribution in [1.29, 1.82) is 0 Å². The van der Waals surface area contributed by atoms with Crippen LogP contribution in [0.2, 0.25) is 0 Å². The Morgan fingerprint density at radius 1 is 1.27 bits per heavy atom. The van der Waals surface area contributed by atoms with E-state index in [1.807, 2.05) is 43.5 Å². The Kier molecular flexibility index (Phi) is 4.38. The number of carbonyl (C=O) groups excluding carboxylic acids is 2. The second kappa shape index (κ2) is 6.70. The molecule has 4 rings (SSSR count). The van der Waals surface area contributed by atoms with Crippen LogP contribution in [0.15, 0.2) is 41.1 Å².